The molecule has 4 aliphatic rings. The molecular formula is C21H31N5O3. The number of carboxylic acid groups (broad SMARTS) is 1. The van der Waals surface area contributed by atoms with E-state index in [0.717, 1.165) is 35.6 Å². The first kappa shape index (κ1) is 21.1. The molecule has 6 rings (SSSR count). The molecule has 1 saturated carbocycles. The topological polar surface area (TPSA) is 110 Å². The van der Waals surface area contributed by atoms with Crippen molar-refractivity contribution in [2.45, 2.75) is 39.2 Å². The average Bonchev–Trinajstić information content (AvgIpc) is 3.45. The normalized spacial score (nSPS) is 24.8. The number of benzene rings is 1. The van der Waals surface area contributed by atoms with E-state index >= 15 is 0 Å². The molecule has 3 saturated heterocycles. The number of hydrogen-bond acceptors (Lipinski definition) is 5. The lowest BCUT2D eigenvalue weighted by Gasteiger charge is -2.44. The molecule has 8 nitrogen and oxygen atoms in total. The van der Waals surface area contributed by atoms with Crippen LogP contribution in [0.15, 0.2) is 18.2 Å². The molecule has 1 aliphatic carbocycles. The minimum absolute atomic E-state index is 0. The smallest absolute Gasteiger partial charge is 0.290 e. The van der Waals surface area contributed by atoms with E-state index in [9.17, 15) is 4.79 Å². The highest BCUT2D eigenvalue weighted by atomic mass is 16.3. The van der Waals surface area contributed by atoms with E-state index in [1.54, 1.807) is 0 Å². The summed E-state index contributed by atoms with van der Waals surface area (Å²) in [5.41, 5.74) is 2.50. The third-order valence-electron chi connectivity index (χ3n) is 6.04. The van der Waals surface area contributed by atoms with Crippen LogP contribution in [0.25, 0.3) is 10.9 Å². The van der Waals surface area contributed by atoms with Crippen LogP contribution < -0.4 is 10.6 Å². The molecule has 1 atom stereocenters. The monoisotopic (exact) mass is 401 g/mol. The largest absolute Gasteiger partial charge is 0.483 e. The summed E-state index contributed by atoms with van der Waals surface area (Å²) in [4.78, 5) is 23.6. The maximum Gasteiger partial charge on any atom is 0.290 e. The third-order valence-corrected chi connectivity index (χ3v) is 6.04. The zero-order valence-electron chi connectivity index (χ0n) is 15.9. The van der Waals surface area contributed by atoms with E-state index in [4.69, 9.17) is 9.90 Å². The molecule has 2 bridgehead atoms. The van der Waals surface area contributed by atoms with Crippen molar-refractivity contribution in [2.75, 3.05) is 31.5 Å². The zero-order chi connectivity index (χ0) is 19.5. The fourth-order valence-electron chi connectivity index (χ4n) is 4.25. The Morgan fingerprint density at radius 2 is 2.00 bits per heavy atom. The van der Waals surface area contributed by atoms with Gasteiger partial charge in [0.25, 0.3) is 12.4 Å². The van der Waals surface area contributed by atoms with E-state index < -0.39 is 0 Å². The second-order valence-corrected chi connectivity index (χ2v) is 7.98. The van der Waals surface area contributed by atoms with Crippen molar-refractivity contribution < 1.29 is 14.7 Å². The summed E-state index contributed by atoms with van der Waals surface area (Å²) in [6.45, 7) is 4.11. The summed E-state index contributed by atoms with van der Waals surface area (Å²) < 4.78 is 0. The second kappa shape index (κ2) is 9.26. The number of aromatic amines is 1. The number of amides is 1. The number of piperidine rings is 3. The van der Waals surface area contributed by atoms with Gasteiger partial charge in [-0.1, -0.05) is 7.43 Å². The van der Waals surface area contributed by atoms with Crippen LogP contribution in [0.5, 0.6) is 0 Å². The van der Waals surface area contributed by atoms with Crippen molar-refractivity contribution in [2.24, 2.45) is 11.8 Å². The first-order chi connectivity index (χ1) is 13.7. The van der Waals surface area contributed by atoms with Gasteiger partial charge >= 0.3 is 0 Å². The molecule has 4 N–H and O–H groups in total. The van der Waals surface area contributed by atoms with Crippen LogP contribution >= 0.6 is 0 Å². The quantitative estimate of drug-likeness (QED) is 0.573. The Labute approximate surface area is 171 Å². The third kappa shape index (κ3) is 4.87. The molecule has 1 aromatic carbocycles. The number of nitrogens with one attached hydrogen (secondary N) is 3. The molecule has 0 spiro atoms. The first-order valence-corrected chi connectivity index (χ1v) is 10.0. The number of aromatic nitrogens is 2. The van der Waals surface area contributed by atoms with Gasteiger partial charge < -0.3 is 20.6 Å². The zero-order valence-corrected chi connectivity index (χ0v) is 15.9. The van der Waals surface area contributed by atoms with Gasteiger partial charge in [0.2, 0.25) is 0 Å². The summed E-state index contributed by atoms with van der Waals surface area (Å²) in [5.74, 6) is 1.39. The first-order valence-electron chi connectivity index (χ1n) is 10.0. The highest BCUT2D eigenvalue weighted by Gasteiger charge is 2.35. The summed E-state index contributed by atoms with van der Waals surface area (Å²) in [7, 11) is 0. The van der Waals surface area contributed by atoms with Crippen molar-refractivity contribution in [3.8, 4) is 0 Å². The standard InChI is InChI=1S/C19H25N5O.CH2O2.CH4/c25-19(21-17-11-24-7-5-13(17)6-8-24)18-15-9-14(20-10-12-1-2-12)3-4-16(15)22-23-18;2-1-3;/h3-4,9,12-13,17,20H,1-2,5-8,10-11H2,(H,21,25)(H,22,23);1H,(H,2,3);1H4/t17-;;/m1../s1. The summed E-state index contributed by atoms with van der Waals surface area (Å²) in [6, 6.07) is 6.37. The van der Waals surface area contributed by atoms with Crippen LogP contribution in [-0.2, 0) is 4.79 Å². The van der Waals surface area contributed by atoms with Crippen molar-refractivity contribution in [3.63, 3.8) is 0 Å². The number of hydrogen-bond donors (Lipinski definition) is 4. The van der Waals surface area contributed by atoms with Gasteiger partial charge in [0, 0.05) is 30.2 Å². The molecule has 8 heteroatoms. The lowest BCUT2D eigenvalue weighted by Crippen LogP contribution is -2.57. The maximum absolute atomic E-state index is 12.8. The Kier molecular flexibility index (Phi) is 6.74. The highest BCUT2D eigenvalue weighted by molar-refractivity contribution is 6.05. The highest BCUT2D eigenvalue weighted by Crippen LogP contribution is 2.30. The summed E-state index contributed by atoms with van der Waals surface area (Å²) >= 11 is 0. The SMILES string of the molecule is C.O=C(N[C@@H]1CN2CCC1CC2)c1n[nH]c2ccc(NCC3CC3)cc12.O=CO. The van der Waals surface area contributed by atoms with E-state index in [-0.39, 0.29) is 25.8 Å². The Morgan fingerprint density at radius 1 is 1.28 bits per heavy atom. The van der Waals surface area contributed by atoms with Crippen LogP contribution in [-0.4, -0.2) is 64.8 Å². The number of nitrogens with zero attached hydrogens (tertiary/aromatic N) is 2. The van der Waals surface area contributed by atoms with E-state index in [2.05, 4.69) is 31.8 Å². The Morgan fingerprint density at radius 3 is 2.62 bits per heavy atom. The van der Waals surface area contributed by atoms with Gasteiger partial charge in [0.05, 0.1) is 5.52 Å². The number of rotatable bonds is 5. The van der Waals surface area contributed by atoms with Crippen LogP contribution in [0, 0.1) is 11.8 Å². The number of anilines is 1. The molecule has 1 aromatic heterocycles. The van der Waals surface area contributed by atoms with Gasteiger partial charge in [-0.05, 0) is 68.8 Å². The van der Waals surface area contributed by atoms with E-state index in [1.165, 1.54) is 38.8 Å². The number of fused-ring (bicyclic) bond motifs is 4. The lowest BCUT2D eigenvalue weighted by atomic mass is 9.84. The Hall–Kier alpha value is -2.61. The summed E-state index contributed by atoms with van der Waals surface area (Å²) in [6.07, 6.45) is 5.05. The minimum atomic E-state index is -0.250. The predicted molar refractivity (Wildman–Crippen MR) is 113 cm³/mol. The second-order valence-electron chi connectivity index (χ2n) is 7.98. The van der Waals surface area contributed by atoms with Gasteiger partial charge in [-0.2, -0.15) is 5.10 Å². The summed E-state index contributed by atoms with van der Waals surface area (Å²) in [5, 5.41) is 21.8. The fraction of sp³-hybridized carbons (Fsp3) is 0.571. The minimum Gasteiger partial charge on any atom is -0.483 e. The average molecular weight is 402 g/mol. The molecule has 158 valence electrons. The molecule has 29 heavy (non-hydrogen) atoms. The van der Waals surface area contributed by atoms with Gasteiger partial charge in [-0.3, -0.25) is 14.7 Å². The van der Waals surface area contributed by atoms with Gasteiger partial charge in [0.15, 0.2) is 5.69 Å². The molecule has 1 amide bonds. The molecule has 0 radical (unpaired) electrons. The molecule has 4 heterocycles. The van der Waals surface area contributed by atoms with Crippen molar-refractivity contribution >= 4 is 29.0 Å². The number of carbonyl (C=O) groups excluding carboxylic acids is 1. The van der Waals surface area contributed by atoms with Gasteiger partial charge in [0.1, 0.15) is 0 Å². The number of H-pyrrole nitrogens is 1. The molecule has 4 fully saturated rings. The van der Waals surface area contributed by atoms with Crippen molar-refractivity contribution in [3.05, 3.63) is 23.9 Å². The van der Waals surface area contributed by atoms with Crippen LogP contribution in [0.1, 0.15) is 43.6 Å². The molecule has 0 unspecified atom stereocenters. The van der Waals surface area contributed by atoms with Crippen LogP contribution in [0.2, 0.25) is 0 Å². The lowest BCUT2D eigenvalue weighted by molar-refractivity contribution is -0.122. The molecule has 2 aromatic rings. The van der Waals surface area contributed by atoms with Crippen LogP contribution in [0.4, 0.5) is 5.69 Å². The fourth-order valence-corrected chi connectivity index (χ4v) is 4.25. The maximum atomic E-state index is 12.8. The van der Waals surface area contributed by atoms with Crippen molar-refractivity contribution in [1.82, 2.24) is 20.4 Å². The Balaban J connectivity index is 0.000000568. The van der Waals surface area contributed by atoms with E-state index in [0.29, 0.717) is 11.6 Å². The van der Waals surface area contributed by atoms with Crippen molar-refractivity contribution in [1.29, 1.82) is 0 Å². The Bertz CT molecular complexity index is 840. The van der Waals surface area contributed by atoms with Gasteiger partial charge in [-0.25, -0.2) is 0 Å². The van der Waals surface area contributed by atoms with Crippen LogP contribution in [0.3, 0.4) is 0 Å². The number of carbonyl (C=O) groups is 2. The predicted octanol–water partition coefficient (Wildman–Crippen LogP) is 2.55. The molecule has 3 aliphatic heterocycles. The molecular weight excluding hydrogens is 370 g/mol. The van der Waals surface area contributed by atoms with E-state index in [1.807, 2.05) is 12.1 Å². The van der Waals surface area contributed by atoms with Gasteiger partial charge in [-0.15, -0.1) is 0 Å².